The van der Waals surface area contributed by atoms with Crippen molar-refractivity contribution in [3.05, 3.63) is 11.6 Å². The molecule has 0 aromatic carbocycles. The monoisotopic (exact) mass is 432 g/mol. The standard InChI is InChI=1S/C25H36O6/c1-14(26)31-21-12-20-19(5-4-16-11-17(27)6-8-23(16,20)2)25(29)9-7-18(24(21,25)3)15-10-22(28)30-13-15/h10,16-21,27,29H,4-9,11-13H2,1-3H3/t16-,17+,18+,19-,20+,21-,23+,24+,25-/m1/s1. The number of hydrogen-bond donors (Lipinski definition) is 2. The summed E-state index contributed by atoms with van der Waals surface area (Å²) in [6.45, 7) is 6.14. The maximum Gasteiger partial charge on any atom is 0.331 e. The van der Waals surface area contributed by atoms with Crippen LogP contribution in [0.2, 0.25) is 0 Å². The van der Waals surface area contributed by atoms with Gasteiger partial charge in [0, 0.05) is 18.4 Å². The maximum absolute atomic E-state index is 12.4. The van der Waals surface area contributed by atoms with Crippen LogP contribution in [0.3, 0.4) is 0 Å². The molecule has 1 aliphatic heterocycles. The molecule has 0 unspecified atom stereocenters. The molecule has 0 aromatic rings. The highest BCUT2D eigenvalue weighted by atomic mass is 16.5. The summed E-state index contributed by atoms with van der Waals surface area (Å²) in [5.74, 6) is 0.180. The van der Waals surface area contributed by atoms with Crippen molar-refractivity contribution >= 4 is 11.9 Å². The van der Waals surface area contributed by atoms with Crippen molar-refractivity contribution in [3.8, 4) is 0 Å². The molecule has 6 heteroatoms. The first kappa shape index (κ1) is 21.4. The van der Waals surface area contributed by atoms with Crippen molar-refractivity contribution < 1.29 is 29.3 Å². The van der Waals surface area contributed by atoms with Crippen LogP contribution in [-0.4, -0.2) is 46.6 Å². The normalized spacial score (nSPS) is 51.3. The molecule has 0 amide bonds. The lowest BCUT2D eigenvalue weighted by molar-refractivity contribution is -0.250. The summed E-state index contributed by atoms with van der Waals surface area (Å²) in [4.78, 5) is 24.0. The smallest absolute Gasteiger partial charge is 0.331 e. The van der Waals surface area contributed by atoms with Crippen molar-refractivity contribution in [2.24, 2.45) is 34.5 Å². The van der Waals surface area contributed by atoms with Gasteiger partial charge in [-0.15, -0.1) is 0 Å². The minimum absolute atomic E-state index is 0.0343. The Morgan fingerprint density at radius 1 is 1.13 bits per heavy atom. The summed E-state index contributed by atoms with van der Waals surface area (Å²) >= 11 is 0. The first-order chi connectivity index (χ1) is 14.6. The van der Waals surface area contributed by atoms with Gasteiger partial charge < -0.3 is 19.7 Å². The zero-order valence-electron chi connectivity index (χ0n) is 18.9. The van der Waals surface area contributed by atoms with Gasteiger partial charge in [-0.25, -0.2) is 4.79 Å². The van der Waals surface area contributed by atoms with Crippen molar-refractivity contribution in [1.82, 2.24) is 0 Å². The van der Waals surface area contributed by atoms with E-state index in [-0.39, 0.29) is 47.8 Å². The van der Waals surface area contributed by atoms with Crippen LogP contribution in [0.4, 0.5) is 0 Å². The van der Waals surface area contributed by atoms with E-state index < -0.39 is 17.1 Å². The second kappa shape index (κ2) is 7.05. The Morgan fingerprint density at radius 3 is 2.58 bits per heavy atom. The van der Waals surface area contributed by atoms with Crippen LogP contribution >= 0.6 is 0 Å². The first-order valence-electron chi connectivity index (χ1n) is 12.0. The Morgan fingerprint density at radius 2 is 1.90 bits per heavy atom. The number of fused-ring (bicyclic) bond motifs is 5. The van der Waals surface area contributed by atoms with E-state index in [1.165, 1.54) is 6.92 Å². The summed E-state index contributed by atoms with van der Waals surface area (Å²) in [5.41, 5.74) is -0.616. The zero-order chi connectivity index (χ0) is 22.2. The van der Waals surface area contributed by atoms with Gasteiger partial charge in [0.05, 0.1) is 11.7 Å². The third-order valence-electron chi connectivity index (χ3n) is 10.3. The zero-order valence-corrected chi connectivity index (χ0v) is 18.9. The number of rotatable bonds is 2. The summed E-state index contributed by atoms with van der Waals surface area (Å²) in [5, 5.41) is 22.7. The van der Waals surface area contributed by atoms with E-state index in [2.05, 4.69) is 13.8 Å². The highest BCUT2D eigenvalue weighted by molar-refractivity contribution is 5.85. The minimum Gasteiger partial charge on any atom is -0.462 e. The molecule has 172 valence electrons. The maximum atomic E-state index is 12.4. The van der Waals surface area contributed by atoms with Crippen LogP contribution in [-0.2, 0) is 19.1 Å². The summed E-state index contributed by atoms with van der Waals surface area (Å²) in [6, 6.07) is 0. The van der Waals surface area contributed by atoms with E-state index >= 15 is 0 Å². The molecule has 0 spiro atoms. The average Bonchev–Trinajstić information content (AvgIpc) is 3.24. The highest BCUT2D eigenvalue weighted by Gasteiger charge is 2.71. The Balaban J connectivity index is 1.56. The summed E-state index contributed by atoms with van der Waals surface area (Å²) < 4.78 is 11.2. The lowest BCUT2D eigenvalue weighted by Gasteiger charge is -2.65. The van der Waals surface area contributed by atoms with Gasteiger partial charge in [-0.1, -0.05) is 13.8 Å². The molecule has 4 aliphatic carbocycles. The van der Waals surface area contributed by atoms with Gasteiger partial charge in [0.15, 0.2) is 0 Å². The number of esters is 2. The van der Waals surface area contributed by atoms with Crippen molar-refractivity contribution in [2.75, 3.05) is 6.61 Å². The van der Waals surface area contributed by atoms with E-state index in [0.717, 1.165) is 50.5 Å². The second-order valence-corrected chi connectivity index (χ2v) is 11.4. The van der Waals surface area contributed by atoms with E-state index in [4.69, 9.17) is 9.47 Å². The first-order valence-corrected chi connectivity index (χ1v) is 12.0. The van der Waals surface area contributed by atoms with Gasteiger partial charge >= 0.3 is 11.9 Å². The number of aliphatic hydroxyl groups excluding tert-OH is 1. The summed E-state index contributed by atoms with van der Waals surface area (Å²) in [7, 11) is 0. The molecule has 2 N–H and O–H groups in total. The average molecular weight is 433 g/mol. The molecule has 5 aliphatic rings. The number of aliphatic hydroxyl groups is 2. The lowest BCUT2D eigenvalue weighted by Crippen LogP contribution is -2.67. The SMILES string of the molecule is CC(=O)O[C@@H]1C[C@H]2[C@@H](CC[C@@H]3C[C@@H](O)CC[C@@]32C)[C@]2(O)CC[C@@H](C3=CC(=O)OC3)[C@@]12C. The molecular formula is C25H36O6. The molecule has 0 saturated heterocycles. The fourth-order valence-corrected chi connectivity index (χ4v) is 8.71. The second-order valence-electron chi connectivity index (χ2n) is 11.4. The van der Waals surface area contributed by atoms with E-state index in [0.29, 0.717) is 12.3 Å². The van der Waals surface area contributed by atoms with Gasteiger partial charge in [-0.2, -0.15) is 0 Å². The molecule has 1 heterocycles. The highest BCUT2D eigenvalue weighted by Crippen LogP contribution is 2.70. The third kappa shape index (κ3) is 2.90. The summed E-state index contributed by atoms with van der Waals surface area (Å²) in [6.07, 6.45) is 7.69. The predicted octanol–water partition coefficient (Wildman–Crippen LogP) is 3.15. The largest absolute Gasteiger partial charge is 0.462 e. The van der Waals surface area contributed by atoms with Crippen molar-refractivity contribution in [2.45, 2.75) is 89.9 Å². The van der Waals surface area contributed by atoms with E-state index in [1.807, 2.05) is 0 Å². The molecule has 31 heavy (non-hydrogen) atoms. The van der Waals surface area contributed by atoms with Crippen LogP contribution in [0.15, 0.2) is 11.6 Å². The van der Waals surface area contributed by atoms with Gasteiger partial charge in [0.2, 0.25) is 0 Å². The molecule has 4 saturated carbocycles. The van der Waals surface area contributed by atoms with Crippen LogP contribution in [0.25, 0.3) is 0 Å². The molecule has 4 fully saturated rings. The van der Waals surface area contributed by atoms with E-state index in [1.54, 1.807) is 6.08 Å². The third-order valence-corrected chi connectivity index (χ3v) is 10.3. The molecule has 0 aromatic heterocycles. The van der Waals surface area contributed by atoms with Crippen LogP contribution < -0.4 is 0 Å². The molecule has 9 atom stereocenters. The number of ether oxygens (including phenoxy) is 2. The Bertz CT molecular complexity index is 821. The van der Waals surface area contributed by atoms with Crippen LogP contribution in [0, 0.1) is 34.5 Å². The van der Waals surface area contributed by atoms with Gasteiger partial charge in [0.25, 0.3) is 0 Å². The van der Waals surface area contributed by atoms with Gasteiger partial charge in [-0.3, -0.25) is 4.79 Å². The van der Waals surface area contributed by atoms with Crippen molar-refractivity contribution in [3.63, 3.8) is 0 Å². The van der Waals surface area contributed by atoms with E-state index in [9.17, 15) is 19.8 Å². The Hall–Kier alpha value is -1.40. The molecule has 0 bridgehead atoms. The molecule has 6 nitrogen and oxygen atoms in total. The predicted molar refractivity (Wildman–Crippen MR) is 113 cm³/mol. The quantitative estimate of drug-likeness (QED) is 0.651. The number of carbonyl (C=O) groups is 2. The van der Waals surface area contributed by atoms with Gasteiger partial charge in [-0.05, 0) is 86.0 Å². The molecule has 0 radical (unpaired) electrons. The van der Waals surface area contributed by atoms with Gasteiger partial charge in [0.1, 0.15) is 12.7 Å². The number of hydrogen-bond acceptors (Lipinski definition) is 6. The fraction of sp³-hybridized carbons (Fsp3) is 0.840. The lowest BCUT2D eigenvalue weighted by atomic mass is 9.42. The Labute approximate surface area is 184 Å². The topological polar surface area (TPSA) is 93.1 Å². The molecular weight excluding hydrogens is 396 g/mol. The minimum atomic E-state index is -0.947. The molecule has 5 rings (SSSR count). The fourth-order valence-electron chi connectivity index (χ4n) is 8.71. The number of carbonyl (C=O) groups excluding carboxylic acids is 2. The van der Waals surface area contributed by atoms with Crippen LogP contribution in [0.5, 0.6) is 0 Å². The number of cyclic esters (lactones) is 1. The van der Waals surface area contributed by atoms with Crippen molar-refractivity contribution in [1.29, 1.82) is 0 Å². The van der Waals surface area contributed by atoms with Crippen LogP contribution in [0.1, 0.15) is 72.1 Å². The Kier molecular flexibility index (Phi) is 4.88.